The molecule has 2 atom stereocenters. The van der Waals surface area contributed by atoms with Crippen LogP contribution in [0.3, 0.4) is 0 Å². The minimum Gasteiger partial charge on any atom is -0.466 e. The number of rotatable bonds is 4. The van der Waals surface area contributed by atoms with Crippen molar-refractivity contribution in [3.05, 3.63) is 12.3 Å². The van der Waals surface area contributed by atoms with Crippen LogP contribution in [0.2, 0.25) is 0 Å². The van der Waals surface area contributed by atoms with Crippen LogP contribution in [0.25, 0.3) is 0 Å². The summed E-state index contributed by atoms with van der Waals surface area (Å²) in [6, 6.07) is 0.350. The number of methoxy groups -OCH3 is 2. The molecule has 0 spiro atoms. The maximum absolute atomic E-state index is 10.8. The molecule has 0 aliphatic heterocycles. The Labute approximate surface area is 90.6 Å². The Morgan fingerprint density at radius 3 is 2.60 bits per heavy atom. The number of nitrogens with one attached hydrogen (secondary N) is 1. The van der Waals surface area contributed by atoms with Crippen LogP contribution in [0, 0.1) is 5.41 Å². The van der Waals surface area contributed by atoms with Gasteiger partial charge in [-0.15, -0.1) is 0 Å². The quantitative estimate of drug-likeness (QED) is 0.560. The summed E-state index contributed by atoms with van der Waals surface area (Å²) in [4.78, 5) is 10.8. The fraction of sp³-hybridized carbons (Fsp3) is 0.727. The van der Waals surface area contributed by atoms with E-state index in [1.165, 1.54) is 13.2 Å². The van der Waals surface area contributed by atoms with Gasteiger partial charge in [-0.25, -0.2) is 4.79 Å². The van der Waals surface area contributed by atoms with E-state index in [1.54, 1.807) is 13.3 Å². The van der Waals surface area contributed by atoms with Crippen LogP contribution in [0.4, 0.5) is 0 Å². The standard InChI is InChI=1S/C11H19NO3/c1-11(2)8(7-9(11)14-3)12-6-5-10(13)15-4/h5-6,8-9,12H,7H2,1-4H3/b6-5+. The number of esters is 1. The lowest BCUT2D eigenvalue weighted by Gasteiger charge is -2.51. The van der Waals surface area contributed by atoms with Crippen molar-refractivity contribution in [2.45, 2.75) is 32.4 Å². The van der Waals surface area contributed by atoms with Gasteiger partial charge in [-0.05, 0) is 6.42 Å². The molecule has 1 aliphatic carbocycles. The van der Waals surface area contributed by atoms with Crippen molar-refractivity contribution < 1.29 is 14.3 Å². The van der Waals surface area contributed by atoms with Crippen LogP contribution in [0.1, 0.15) is 20.3 Å². The molecule has 0 aromatic carbocycles. The number of hydrogen-bond donors (Lipinski definition) is 1. The SMILES string of the molecule is COC(=O)/C=C/NC1CC(OC)C1(C)C. The molecule has 15 heavy (non-hydrogen) atoms. The summed E-state index contributed by atoms with van der Waals surface area (Å²) in [5.74, 6) is -0.345. The van der Waals surface area contributed by atoms with Crippen LogP contribution in [0.15, 0.2) is 12.3 Å². The van der Waals surface area contributed by atoms with Crippen molar-refractivity contribution in [3.63, 3.8) is 0 Å². The van der Waals surface area contributed by atoms with Gasteiger partial charge in [0, 0.05) is 30.8 Å². The Kier molecular flexibility index (Phi) is 3.74. The molecule has 0 heterocycles. The fourth-order valence-corrected chi connectivity index (χ4v) is 1.87. The first kappa shape index (κ1) is 12.0. The van der Waals surface area contributed by atoms with E-state index in [1.807, 2.05) is 0 Å². The second-order valence-corrected chi connectivity index (χ2v) is 4.36. The van der Waals surface area contributed by atoms with Crippen LogP contribution >= 0.6 is 0 Å². The van der Waals surface area contributed by atoms with E-state index in [-0.39, 0.29) is 11.4 Å². The zero-order chi connectivity index (χ0) is 11.5. The van der Waals surface area contributed by atoms with E-state index in [0.29, 0.717) is 12.1 Å². The molecule has 0 aromatic rings. The average molecular weight is 213 g/mol. The third-order valence-electron chi connectivity index (χ3n) is 3.18. The van der Waals surface area contributed by atoms with Gasteiger partial charge >= 0.3 is 5.97 Å². The molecule has 0 amide bonds. The highest BCUT2D eigenvalue weighted by Crippen LogP contribution is 2.42. The highest BCUT2D eigenvalue weighted by Gasteiger charge is 2.48. The van der Waals surface area contributed by atoms with E-state index >= 15 is 0 Å². The van der Waals surface area contributed by atoms with E-state index < -0.39 is 0 Å². The van der Waals surface area contributed by atoms with Gasteiger partial charge in [0.15, 0.2) is 0 Å². The Hall–Kier alpha value is -1.03. The third kappa shape index (κ3) is 2.50. The number of carbonyl (C=O) groups excluding carboxylic acids is 1. The normalized spacial score (nSPS) is 28.5. The molecule has 86 valence electrons. The Morgan fingerprint density at radius 2 is 2.13 bits per heavy atom. The molecule has 1 saturated carbocycles. The van der Waals surface area contributed by atoms with Crippen molar-refractivity contribution in [1.82, 2.24) is 5.32 Å². The number of hydrogen-bond acceptors (Lipinski definition) is 4. The van der Waals surface area contributed by atoms with Crippen LogP contribution in [-0.2, 0) is 14.3 Å². The molecule has 0 bridgehead atoms. The van der Waals surface area contributed by atoms with Gasteiger partial charge in [0.05, 0.1) is 13.2 Å². The molecule has 1 fully saturated rings. The first-order valence-corrected chi connectivity index (χ1v) is 5.05. The first-order valence-electron chi connectivity index (χ1n) is 5.05. The van der Waals surface area contributed by atoms with Gasteiger partial charge in [0.25, 0.3) is 0 Å². The minimum atomic E-state index is -0.345. The van der Waals surface area contributed by atoms with E-state index in [2.05, 4.69) is 23.9 Å². The third-order valence-corrected chi connectivity index (χ3v) is 3.18. The molecular formula is C11H19NO3. The van der Waals surface area contributed by atoms with Crippen LogP contribution < -0.4 is 5.32 Å². The number of ether oxygens (including phenoxy) is 2. The highest BCUT2D eigenvalue weighted by molar-refractivity contribution is 5.81. The molecule has 1 N–H and O–H groups in total. The maximum Gasteiger partial charge on any atom is 0.331 e. The molecule has 0 saturated heterocycles. The molecule has 1 rings (SSSR count). The van der Waals surface area contributed by atoms with Gasteiger partial charge in [0.2, 0.25) is 0 Å². The maximum atomic E-state index is 10.8. The lowest BCUT2D eigenvalue weighted by molar-refractivity contribution is -0.134. The van der Waals surface area contributed by atoms with Crippen LogP contribution in [0.5, 0.6) is 0 Å². The predicted molar refractivity (Wildman–Crippen MR) is 57.3 cm³/mol. The Bertz CT molecular complexity index is 261. The van der Waals surface area contributed by atoms with Crippen molar-refractivity contribution in [2.75, 3.05) is 14.2 Å². The van der Waals surface area contributed by atoms with E-state index in [9.17, 15) is 4.79 Å². The smallest absolute Gasteiger partial charge is 0.331 e. The van der Waals surface area contributed by atoms with E-state index in [0.717, 1.165) is 6.42 Å². The average Bonchev–Trinajstić information content (AvgIpc) is 2.21. The van der Waals surface area contributed by atoms with Gasteiger partial charge in [0.1, 0.15) is 0 Å². The second kappa shape index (κ2) is 4.66. The predicted octanol–water partition coefficient (Wildman–Crippen LogP) is 1.08. The summed E-state index contributed by atoms with van der Waals surface area (Å²) in [6.07, 6.45) is 4.29. The monoisotopic (exact) mass is 213 g/mol. The fourth-order valence-electron chi connectivity index (χ4n) is 1.87. The largest absolute Gasteiger partial charge is 0.466 e. The van der Waals surface area contributed by atoms with Gasteiger partial charge in [-0.3, -0.25) is 0 Å². The summed E-state index contributed by atoms with van der Waals surface area (Å²) in [5.41, 5.74) is 0.106. The van der Waals surface area contributed by atoms with Crippen molar-refractivity contribution in [1.29, 1.82) is 0 Å². The zero-order valence-electron chi connectivity index (χ0n) is 9.74. The first-order chi connectivity index (χ1) is 7.02. The summed E-state index contributed by atoms with van der Waals surface area (Å²) >= 11 is 0. The highest BCUT2D eigenvalue weighted by atomic mass is 16.5. The molecule has 4 nitrogen and oxygen atoms in total. The number of carbonyl (C=O) groups is 1. The van der Waals surface area contributed by atoms with Crippen LogP contribution in [-0.4, -0.2) is 32.3 Å². The lowest BCUT2D eigenvalue weighted by Crippen LogP contribution is -2.59. The van der Waals surface area contributed by atoms with Gasteiger partial charge in [-0.2, -0.15) is 0 Å². The second-order valence-electron chi connectivity index (χ2n) is 4.36. The van der Waals surface area contributed by atoms with Gasteiger partial charge in [-0.1, -0.05) is 13.8 Å². The summed E-state index contributed by atoms with van der Waals surface area (Å²) in [7, 11) is 3.09. The molecule has 0 aromatic heterocycles. The molecule has 0 radical (unpaired) electrons. The minimum absolute atomic E-state index is 0.106. The summed E-state index contributed by atoms with van der Waals surface area (Å²) in [5, 5.41) is 3.18. The summed E-state index contributed by atoms with van der Waals surface area (Å²) in [6.45, 7) is 4.29. The Morgan fingerprint density at radius 1 is 1.47 bits per heavy atom. The van der Waals surface area contributed by atoms with Crippen molar-refractivity contribution in [2.24, 2.45) is 5.41 Å². The molecule has 1 aliphatic rings. The van der Waals surface area contributed by atoms with Gasteiger partial charge < -0.3 is 14.8 Å². The summed E-state index contributed by atoms with van der Waals surface area (Å²) < 4.78 is 9.81. The lowest BCUT2D eigenvalue weighted by atomic mass is 9.64. The molecule has 2 unspecified atom stereocenters. The molecular weight excluding hydrogens is 194 g/mol. The van der Waals surface area contributed by atoms with Crippen molar-refractivity contribution in [3.8, 4) is 0 Å². The van der Waals surface area contributed by atoms with Crippen molar-refractivity contribution >= 4 is 5.97 Å². The topological polar surface area (TPSA) is 47.6 Å². The molecule has 4 heteroatoms. The Balaban J connectivity index is 2.37. The van der Waals surface area contributed by atoms with E-state index in [4.69, 9.17) is 4.74 Å². The zero-order valence-corrected chi connectivity index (χ0v) is 9.74.